The number of rotatable bonds is 22. The third-order valence-corrected chi connectivity index (χ3v) is 13.0. The van der Waals surface area contributed by atoms with Crippen LogP contribution >= 0.6 is 0 Å². The van der Waals surface area contributed by atoms with Crippen LogP contribution in [0.5, 0.6) is 0 Å². The van der Waals surface area contributed by atoms with Gasteiger partial charge in [0.1, 0.15) is 25.2 Å². The van der Waals surface area contributed by atoms with Crippen molar-refractivity contribution in [1.82, 2.24) is 4.98 Å². The molecule has 3 saturated heterocycles. The highest BCUT2D eigenvalue weighted by Crippen LogP contribution is 2.48. The van der Waals surface area contributed by atoms with Gasteiger partial charge in [-0.2, -0.15) is 0 Å². The first-order valence-corrected chi connectivity index (χ1v) is 22.2. The van der Waals surface area contributed by atoms with Crippen molar-refractivity contribution in [1.29, 1.82) is 0 Å². The molecule has 5 atom stereocenters. The van der Waals surface area contributed by atoms with E-state index in [0.29, 0.717) is 11.8 Å². The van der Waals surface area contributed by atoms with E-state index in [1.807, 2.05) is 30.5 Å². The molecule has 3 aliphatic heterocycles. The molecule has 3 aromatic carbocycles. The molecule has 7 rings (SSSR count). The number of hydrogen-bond donors (Lipinski definition) is 1. The zero-order valence-electron chi connectivity index (χ0n) is 35.7. The van der Waals surface area contributed by atoms with Gasteiger partial charge in [0, 0.05) is 41.5 Å². The molecule has 1 N–H and O–H groups in total. The SMILES string of the molecule is C=CC1C[N@+]2(Cc3ccccc3)CC[C@H]1C[C@@H]2[C@@H](O)c1ccnc2ccccc12.CCCCCCCCCCCCCCCC[N+](C)(C)Cc1ccccc1.[Cl-].[Cl-]. The molecule has 6 heteroatoms. The number of benzene rings is 3. The van der Waals surface area contributed by atoms with E-state index in [0.717, 1.165) is 58.0 Å². The first-order chi connectivity index (χ1) is 26.8. The van der Waals surface area contributed by atoms with Crippen molar-refractivity contribution in [2.24, 2.45) is 11.8 Å². The molecule has 3 aliphatic rings. The van der Waals surface area contributed by atoms with Crippen LogP contribution in [0.3, 0.4) is 0 Å². The van der Waals surface area contributed by atoms with Gasteiger partial charge in [-0.25, -0.2) is 0 Å². The fourth-order valence-electron chi connectivity index (χ4n) is 9.80. The zero-order chi connectivity index (χ0) is 38.8. The summed E-state index contributed by atoms with van der Waals surface area (Å²) < 4.78 is 2.07. The molecule has 0 amide bonds. The lowest BCUT2D eigenvalue weighted by atomic mass is 9.71. The summed E-state index contributed by atoms with van der Waals surface area (Å²) in [5.41, 5.74) is 4.79. The van der Waals surface area contributed by atoms with Gasteiger partial charge in [0.25, 0.3) is 0 Å². The number of aliphatic hydroxyl groups excluding tert-OH is 1. The molecule has 2 bridgehead atoms. The average Bonchev–Trinajstić information content (AvgIpc) is 3.21. The number of fused-ring (bicyclic) bond motifs is 4. The minimum atomic E-state index is -0.486. The fraction of sp³-hybridized carbons (Fsp3) is 0.549. The van der Waals surface area contributed by atoms with E-state index < -0.39 is 6.10 Å². The molecule has 314 valence electrons. The van der Waals surface area contributed by atoms with E-state index in [1.165, 1.54) is 114 Å². The Labute approximate surface area is 360 Å². The summed E-state index contributed by atoms with van der Waals surface area (Å²) in [5, 5.41) is 12.8. The van der Waals surface area contributed by atoms with Gasteiger partial charge >= 0.3 is 0 Å². The number of halogens is 2. The second kappa shape index (κ2) is 25.7. The van der Waals surface area contributed by atoms with Crippen molar-refractivity contribution < 1.29 is 38.9 Å². The molecule has 1 unspecified atom stereocenters. The minimum Gasteiger partial charge on any atom is -1.00 e. The van der Waals surface area contributed by atoms with Gasteiger partial charge in [-0.05, 0) is 36.5 Å². The van der Waals surface area contributed by atoms with Crippen molar-refractivity contribution >= 4 is 10.9 Å². The molecule has 4 nitrogen and oxygen atoms in total. The van der Waals surface area contributed by atoms with E-state index >= 15 is 0 Å². The zero-order valence-corrected chi connectivity index (χ0v) is 37.2. The Bertz CT molecular complexity index is 1660. The van der Waals surface area contributed by atoms with Crippen LogP contribution in [0.15, 0.2) is 110 Å². The van der Waals surface area contributed by atoms with Crippen LogP contribution in [-0.2, 0) is 13.1 Å². The van der Waals surface area contributed by atoms with Crippen LogP contribution in [0.25, 0.3) is 10.9 Å². The number of para-hydroxylation sites is 1. The van der Waals surface area contributed by atoms with E-state index in [-0.39, 0.29) is 30.9 Å². The van der Waals surface area contributed by atoms with Gasteiger partial charge in [-0.1, -0.05) is 169 Å². The number of aliphatic hydroxyl groups is 1. The molecular weight excluding hydrogens is 741 g/mol. The highest BCUT2D eigenvalue weighted by molar-refractivity contribution is 5.82. The molecule has 0 saturated carbocycles. The summed E-state index contributed by atoms with van der Waals surface area (Å²) in [4.78, 5) is 4.50. The highest BCUT2D eigenvalue weighted by Gasteiger charge is 2.54. The van der Waals surface area contributed by atoms with E-state index in [1.54, 1.807) is 0 Å². The summed E-state index contributed by atoms with van der Waals surface area (Å²) in [6, 6.07) is 32.1. The van der Waals surface area contributed by atoms with Crippen LogP contribution in [0, 0.1) is 11.8 Å². The Balaban J connectivity index is 0.000000298. The third kappa shape index (κ3) is 15.1. The molecule has 57 heavy (non-hydrogen) atoms. The molecule has 3 fully saturated rings. The van der Waals surface area contributed by atoms with Crippen LogP contribution in [0.2, 0.25) is 0 Å². The predicted octanol–water partition coefficient (Wildman–Crippen LogP) is 6.63. The van der Waals surface area contributed by atoms with Crippen molar-refractivity contribution in [3.63, 3.8) is 0 Å². The second-order valence-corrected chi connectivity index (χ2v) is 17.8. The summed E-state index contributed by atoms with van der Waals surface area (Å²) >= 11 is 0. The maximum absolute atomic E-state index is 11.7. The number of nitrogens with zero attached hydrogens (tertiary/aromatic N) is 3. The van der Waals surface area contributed by atoms with E-state index in [4.69, 9.17) is 0 Å². The van der Waals surface area contributed by atoms with Crippen molar-refractivity contribution in [3.8, 4) is 0 Å². The fourth-order valence-corrected chi connectivity index (χ4v) is 9.80. The van der Waals surface area contributed by atoms with Gasteiger partial charge in [0.05, 0.1) is 39.2 Å². The summed E-state index contributed by atoms with van der Waals surface area (Å²) in [6.07, 6.45) is 26.0. The Morgan fingerprint density at radius 3 is 1.88 bits per heavy atom. The molecule has 1 aromatic heterocycles. The molecular formula is C51H75Cl2N3O. The second-order valence-electron chi connectivity index (χ2n) is 17.8. The van der Waals surface area contributed by atoms with Crippen LogP contribution in [0.4, 0.5) is 0 Å². The van der Waals surface area contributed by atoms with Gasteiger partial charge in [0.15, 0.2) is 0 Å². The minimum absolute atomic E-state index is 0. The average molecular weight is 817 g/mol. The lowest BCUT2D eigenvalue weighted by Crippen LogP contribution is -3.00. The summed E-state index contributed by atoms with van der Waals surface area (Å²) in [5.74, 6) is 1.18. The van der Waals surface area contributed by atoms with Gasteiger partial charge < -0.3 is 38.9 Å². The molecule has 0 radical (unpaired) electrons. The van der Waals surface area contributed by atoms with Crippen LogP contribution in [0.1, 0.15) is 132 Å². The maximum atomic E-state index is 11.7. The molecule has 0 aliphatic carbocycles. The smallest absolute Gasteiger partial charge is 0.131 e. The van der Waals surface area contributed by atoms with Crippen LogP contribution in [-0.4, -0.2) is 58.8 Å². The van der Waals surface area contributed by atoms with E-state index in [2.05, 4.69) is 105 Å². The van der Waals surface area contributed by atoms with E-state index in [9.17, 15) is 5.11 Å². The van der Waals surface area contributed by atoms with Crippen LogP contribution < -0.4 is 24.8 Å². The highest BCUT2D eigenvalue weighted by atomic mass is 35.5. The number of aromatic nitrogens is 1. The van der Waals surface area contributed by atoms with Gasteiger partial charge in [-0.3, -0.25) is 4.98 Å². The normalized spacial score (nSPS) is 20.5. The number of hydrogen-bond acceptors (Lipinski definition) is 2. The molecule has 0 spiro atoms. The molecule has 4 heterocycles. The number of quaternary nitrogens is 2. The Morgan fingerprint density at radius 1 is 0.737 bits per heavy atom. The summed E-state index contributed by atoms with van der Waals surface area (Å²) in [7, 11) is 4.74. The van der Waals surface area contributed by atoms with Gasteiger partial charge in [-0.15, -0.1) is 6.58 Å². The van der Waals surface area contributed by atoms with Crippen molar-refractivity contribution in [3.05, 3.63) is 127 Å². The largest absolute Gasteiger partial charge is 1.00 e. The number of piperidine rings is 3. The molecule has 4 aromatic rings. The van der Waals surface area contributed by atoms with Gasteiger partial charge in [0.2, 0.25) is 0 Å². The summed E-state index contributed by atoms with van der Waals surface area (Å²) in [6.45, 7) is 12.1. The number of pyridine rings is 1. The standard InChI is InChI=1S/C26H29N2O.C25H46N.2ClH/c1-2-20-18-28(17-19-8-4-3-5-9-19)15-13-21(20)16-25(28)26(29)23-12-14-27-24-11-7-6-10-22(23)24;1-4-5-6-7-8-9-10-11-12-13-14-15-16-20-23-26(2,3)24-25-21-18-17-19-22-25;;/h2-12,14,20-21,25-26,29H,1,13,15-18H2;17-19,21-22H,4-16,20,23-24H2,1-3H3;2*1H/q2*+1;;/p-2/t20?,21-,25+,26-,28+;;;/m0.../s1. The first-order valence-electron chi connectivity index (χ1n) is 22.2. The quantitative estimate of drug-likeness (QED) is 0.0550. The first kappa shape index (κ1) is 48.6. The monoisotopic (exact) mass is 816 g/mol. The maximum Gasteiger partial charge on any atom is 0.131 e. The topological polar surface area (TPSA) is 33.1 Å². The van der Waals surface area contributed by atoms with Crippen molar-refractivity contribution in [2.75, 3.05) is 33.7 Å². The van der Waals surface area contributed by atoms with Crippen molar-refractivity contribution in [2.45, 2.75) is 135 Å². The third-order valence-electron chi connectivity index (χ3n) is 13.0. The Morgan fingerprint density at radius 2 is 1.28 bits per heavy atom. The Kier molecular flexibility index (Phi) is 21.9. The lowest BCUT2D eigenvalue weighted by Gasteiger charge is -2.58. The Hall–Kier alpha value is -2.73. The lowest BCUT2D eigenvalue weighted by molar-refractivity contribution is -0.984. The predicted molar refractivity (Wildman–Crippen MR) is 234 cm³/mol. The number of unbranched alkanes of at least 4 members (excludes halogenated alkanes) is 13.